The minimum atomic E-state index is -3.60. The third kappa shape index (κ3) is 5.19. The molecule has 0 N–H and O–H groups in total. The van der Waals surface area contributed by atoms with Crippen molar-refractivity contribution in [2.24, 2.45) is 0 Å². The van der Waals surface area contributed by atoms with Crippen LogP contribution in [-0.2, 0) is 32.6 Å². The predicted molar refractivity (Wildman–Crippen MR) is 113 cm³/mol. The summed E-state index contributed by atoms with van der Waals surface area (Å²) in [4.78, 5) is 12.6. The van der Waals surface area contributed by atoms with E-state index in [4.69, 9.17) is 9.47 Å². The van der Waals surface area contributed by atoms with Gasteiger partial charge in [-0.3, -0.25) is 4.68 Å². The molecular formula is C22H23N3O5S. The molecule has 162 valence electrons. The van der Waals surface area contributed by atoms with Crippen LogP contribution in [0.1, 0.15) is 21.5 Å². The van der Waals surface area contributed by atoms with Crippen LogP contribution in [-0.4, -0.2) is 54.8 Å². The minimum absolute atomic E-state index is 0.0326. The van der Waals surface area contributed by atoms with E-state index in [1.807, 2.05) is 30.3 Å². The van der Waals surface area contributed by atoms with Gasteiger partial charge in [0.25, 0.3) is 0 Å². The second-order valence-electron chi connectivity index (χ2n) is 7.15. The first-order valence-electron chi connectivity index (χ1n) is 9.93. The maximum atomic E-state index is 12.8. The van der Waals surface area contributed by atoms with Gasteiger partial charge >= 0.3 is 5.97 Å². The molecule has 31 heavy (non-hydrogen) atoms. The van der Waals surface area contributed by atoms with Crippen molar-refractivity contribution in [1.29, 1.82) is 0 Å². The highest BCUT2D eigenvalue weighted by molar-refractivity contribution is 7.89. The van der Waals surface area contributed by atoms with E-state index in [-0.39, 0.29) is 11.5 Å². The van der Waals surface area contributed by atoms with Crippen molar-refractivity contribution in [3.05, 3.63) is 83.7 Å². The highest BCUT2D eigenvalue weighted by Crippen LogP contribution is 2.19. The Morgan fingerprint density at radius 1 is 1.03 bits per heavy atom. The number of hydrogen-bond acceptors (Lipinski definition) is 6. The quantitative estimate of drug-likeness (QED) is 0.523. The number of morpholine rings is 1. The minimum Gasteiger partial charge on any atom is -0.457 e. The molecule has 0 bridgehead atoms. The average molecular weight is 442 g/mol. The van der Waals surface area contributed by atoms with Crippen LogP contribution in [0.3, 0.4) is 0 Å². The van der Waals surface area contributed by atoms with Gasteiger partial charge in [0.15, 0.2) is 0 Å². The van der Waals surface area contributed by atoms with Crippen LogP contribution >= 0.6 is 0 Å². The molecule has 0 spiro atoms. The number of aromatic nitrogens is 2. The summed E-state index contributed by atoms with van der Waals surface area (Å²) in [7, 11) is -3.60. The fraction of sp³-hybridized carbons (Fsp3) is 0.273. The van der Waals surface area contributed by atoms with Crippen molar-refractivity contribution in [3.8, 4) is 0 Å². The summed E-state index contributed by atoms with van der Waals surface area (Å²) in [6, 6.07) is 16.3. The van der Waals surface area contributed by atoms with Gasteiger partial charge in [-0.2, -0.15) is 9.40 Å². The first-order valence-corrected chi connectivity index (χ1v) is 11.4. The molecule has 2 heterocycles. The molecular weight excluding hydrogens is 418 g/mol. The summed E-state index contributed by atoms with van der Waals surface area (Å²) in [6.07, 6.45) is 3.10. The molecule has 2 aromatic carbocycles. The number of carbonyl (C=O) groups excluding carboxylic acids is 1. The second kappa shape index (κ2) is 9.42. The van der Waals surface area contributed by atoms with E-state index in [0.717, 1.165) is 5.56 Å². The molecule has 9 heteroatoms. The highest BCUT2D eigenvalue weighted by atomic mass is 32.2. The molecule has 0 unspecified atom stereocenters. The maximum Gasteiger partial charge on any atom is 0.341 e. The van der Waals surface area contributed by atoms with Crippen molar-refractivity contribution in [2.45, 2.75) is 18.0 Å². The van der Waals surface area contributed by atoms with E-state index in [9.17, 15) is 13.2 Å². The van der Waals surface area contributed by atoms with Crippen LogP contribution in [0, 0.1) is 0 Å². The maximum absolute atomic E-state index is 12.8. The van der Waals surface area contributed by atoms with Gasteiger partial charge in [0.2, 0.25) is 10.0 Å². The van der Waals surface area contributed by atoms with E-state index < -0.39 is 16.0 Å². The first kappa shape index (κ1) is 21.2. The Bertz CT molecular complexity index is 1140. The van der Waals surface area contributed by atoms with Crippen molar-refractivity contribution in [3.63, 3.8) is 0 Å². The molecule has 8 nitrogen and oxygen atoms in total. The molecule has 3 aromatic rings. The summed E-state index contributed by atoms with van der Waals surface area (Å²) < 4.78 is 39.3. The number of nitrogens with zero attached hydrogens (tertiary/aromatic N) is 3. The van der Waals surface area contributed by atoms with Gasteiger partial charge < -0.3 is 9.47 Å². The van der Waals surface area contributed by atoms with Crippen LogP contribution in [0.15, 0.2) is 71.9 Å². The smallest absolute Gasteiger partial charge is 0.341 e. The Balaban J connectivity index is 1.38. The van der Waals surface area contributed by atoms with Crippen molar-refractivity contribution >= 4 is 16.0 Å². The summed E-state index contributed by atoms with van der Waals surface area (Å²) in [5.74, 6) is -0.513. The number of benzene rings is 2. The van der Waals surface area contributed by atoms with E-state index in [1.54, 1.807) is 29.1 Å². The Morgan fingerprint density at radius 2 is 1.77 bits per heavy atom. The number of rotatable bonds is 7. The van der Waals surface area contributed by atoms with E-state index >= 15 is 0 Å². The fourth-order valence-corrected chi connectivity index (χ4v) is 4.77. The molecule has 1 fully saturated rings. The summed E-state index contributed by atoms with van der Waals surface area (Å²) in [6.45, 7) is 1.94. The molecule has 0 atom stereocenters. The highest BCUT2D eigenvalue weighted by Gasteiger charge is 2.26. The molecule has 1 aliphatic heterocycles. The zero-order chi connectivity index (χ0) is 21.7. The number of esters is 1. The predicted octanol–water partition coefficient (Wildman–Crippen LogP) is 2.31. The van der Waals surface area contributed by atoms with Gasteiger partial charge in [0.1, 0.15) is 6.61 Å². The molecule has 0 amide bonds. The van der Waals surface area contributed by atoms with Crippen LogP contribution < -0.4 is 0 Å². The van der Waals surface area contributed by atoms with E-state index in [0.29, 0.717) is 44.0 Å². The SMILES string of the molecule is O=C(OCc1cccc(S(=O)(=O)N2CCOCC2)c1)c1cnn(Cc2ccccc2)c1. The van der Waals surface area contributed by atoms with Gasteiger partial charge in [-0.1, -0.05) is 42.5 Å². The van der Waals surface area contributed by atoms with Gasteiger partial charge in [0.05, 0.1) is 36.4 Å². The molecule has 1 aromatic heterocycles. The Labute approximate surface area is 181 Å². The van der Waals surface area contributed by atoms with Gasteiger partial charge in [-0.05, 0) is 23.3 Å². The van der Waals surface area contributed by atoms with E-state index in [2.05, 4.69) is 5.10 Å². The molecule has 0 radical (unpaired) electrons. The van der Waals surface area contributed by atoms with Crippen molar-refractivity contribution < 1.29 is 22.7 Å². The zero-order valence-corrected chi connectivity index (χ0v) is 17.7. The molecule has 1 saturated heterocycles. The zero-order valence-electron chi connectivity index (χ0n) is 16.9. The lowest BCUT2D eigenvalue weighted by atomic mass is 10.2. The molecule has 1 aliphatic rings. The Kier molecular flexibility index (Phi) is 6.45. The largest absolute Gasteiger partial charge is 0.457 e. The lowest BCUT2D eigenvalue weighted by molar-refractivity contribution is 0.0472. The monoisotopic (exact) mass is 441 g/mol. The van der Waals surface area contributed by atoms with Crippen molar-refractivity contribution in [1.82, 2.24) is 14.1 Å². The van der Waals surface area contributed by atoms with Gasteiger partial charge in [0, 0.05) is 19.3 Å². The third-order valence-electron chi connectivity index (χ3n) is 4.93. The fourth-order valence-electron chi connectivity index (χ4n) is 3.29. The average Bonchev–Trinajstić information content (AvgIpc) is 3.27. The van der Waals surface area contributed by atoms with Crippen LogP contribution in [0.4, 0.5) is 0 Å². The number of sulfonamides is 1. The summed E-state index contributed by atoms with van der Waals surface area (Å²) in [5.41, 5.74) is 2.01. The molecule has 0 aliphatic carbocycles. The summed E-state index contributed by atoms with van der Waals surface area (Å²) in [5, 5.41) is 4.21. The van der Waals surface area contributed by atoms with E-state index in [1.165, 1.54) is 16.6 Å². The Morgan fingerprint density at radius 3 is 2.55 bits per heavy atom. The number of hydrogen-bond donors (Lipinski definition) is 0. The van der Waals surface area contributed by atoms with Gasteiger partial charge in [-0.15, -0.1) is 0 Å². The van der Waals surface area contributed by atoms with Crippen LogP contribution in [0.5, 0.6) is 0 Å². The van der Waals surface area contributed by atoms with Crippen LogP contribution in [0.25, 0.3) is 0 Å². The van der Waals surface area contributed by atoms with Crippen LogP contribution in [0.2, 0.25) is 0 Å². The topological polar surface area (TPSA) is 90.7 Å². The summed E-state index contributed by atoms with van der Waals surface area (Å²) >= 11 is 0. The lowest BCUT2D eigenvalue weighted by Crippen LogP contribution is -2.40. The number of ether oxygens (including phenoxy) is 2. The molecule has 4 rings (SSSR count). The van der Waals surface area contributed by atoms with Crippen molar-refractivity contribution in [2.75, 3.05) is 26.3 Å². The third-order valence-corrected chi connectivity index (χ3v) is 6.83. The standard InChI is InChI=1S/C22H23N3O5S/c26-22(20-14-23-24(16-20)15-18-5-2-1-3-6-18)30-17-19-7-4-8-21(13-19)31(27,28)25-9-11-29-12-10-25/h1-8,13-14,16H,9-12,15,17H2. The normalized spacial score (nSPS) is 15.0. The van der Waals surface area contributed by atoms with Gasteiger partial charge in [-0.25, -0.2) is 13.2 Å². The Hall–Kier alpha value is -3.01. The lowest BCUT2D eigenvalue weighted by Gasteiger charge is -2.26. The second-order valence-corrected chi connectivity index (χ2v) is 9.09. The molecule has 0 saturated carbocycles. The number of carbonyl (C=O) groups is 1. The first-order chi connectivity index (χ1) is 15.0.